The largest absolute Gasteiger partial charge is 0.354 e. The fraction of sp³-hybridized carbons (Fsp3) is 0.355. The van der Waals surface area contributed by atoms with Crippen LogP contribution >= 0.6 is 23.2 Å². The van der Waals surface area contributed by atoms with E-state index in [-0.39, 0.29) is 17.3 Å². The van der Waals surface area contributed by atoms with Crippen LogP contribution in [0.3, 0.4) is 0 Å². The molecular formula is C31H37Cl2N3O4S. The molecule has 0 heterocycles. The second-order valence-corrected chi connectivity index (χ2v) is 12.7. The minimum absolute atomic E-state index is 0.000605. The molecule has 1 atom stereocenters. The minimum Gasteiger partial charge on any atom is -0.354 e. The van der Waals surface area contributed by atoms with Crippen molar-refractivity contribution in [3.8, 4) is 0 Å². The number of amides is 2. The average Bonchev–Trinajstić information content (AvgIpc) is 2.92. The van der Waals surface area contributed by atoms with Crippen molar-refractivity contribution in [1.82, 2.24) is 10.2 Å². The Morgan fingerprint density at radius 1 is 0.927 bits per heavy atom. The van der Waals surface area contributed by atoms with Gasteiger partial charge in [-0.25, -0.2) is 8.42 Å². The molecule has 0 aromatic heterocycles. The first-order valence-corrected chi connectivity index (χ1v) is 15.8. The van der Waals surface area contributed by atoms with E-state index in [1.165, 1.54) is 17.0 Å². The summed E-state index contributed by atoms with van der Waals surface area (Å²) in [6.07, 6.45) is 2.03. The fourth-order valence-electron chi connectivity index (χ4n) is 4.60. The predicted octanol–water partition coefficient (Wildman–Crippen LogP) is 6.53. The van der Waals surface area contributed by atoms with Gasteiger partial charge in [0.05, 0.1) is 10.6 Å². The van der Waals surface area contributed by atoms with Crippen molar-refractivity contribution >= 4 is 50.7 Å². The third-order valence-electron chi connectivity index (χ3n) is 6.68. The van der Waals surface area contributed by atoms with Crippen LogP contribution in [0.5, 0.6) is 0 Å². The quantitative estimate of drug-likeness (QED) is 0.221. The molecule has 3 rings (SSSR count). The number of nitrogens with one attached hydrogen (secondary N) is 1. The maximum absolute atomic E-state index is 14.2. The molecule has 0 bridgehead atoms. The third kappa shape index (κ3) is 8.47. The Labute approximate surface area is 253 Å². The zero-order chi connectivity index (χ0) is 30.2. The summed E-state index contributed by atoms with van der Waals surface area (Å²) in [5, 5.41) is 3.70. The van der Waals surface area contributed by atoms with E-state index in [0.29, 0.717) is 34.3 Å². The van der Waals surface area contributed by atoms with Gasteiger partial charge in [-0.05, 0) is 79.8 Å². The predicted molar refractivity (Wildman–Crippen MR) is 166 cm³/mol. The van der Waals surface area contributed by atoms with Gasteiger partial charge in [-0.1, -0.05) is 73.8 Å². The van der Waals surface area contributed by atoms with Gasteiger partial charge in [0.1, 0.15) is 12.6 Å². The lowest BCUT2D eigenvalue weighted by atomic mass is 10.1. The van der Waals surface area contributed by atoms with E-state index >= 15 is 0 Å². The van der Waals surface area contributed by atoms with E-state index in [9.17, 15) is 18.0 Å². The molecule has 10 heteroatoms. The van der Waals surface area contributed by atoms with Gasteiger partial charge >= 0.3 is 0 Å². The van der Waals surface area contributed by atoms with Crippen LogP contribution in [0.1, 0.15) is 49.8 Å². The van der Waals surface area contributed by atoms with Gasteiger partial charge < -0.3 is 10.2 Å². The first-order chi connectivity index (χ1) is 19.5. The molecule has 0 radical (unpaired) electrons. The van der Waals surface area contributed by atoms with Crippen LogP contribution in [0, 0.1) is 13.8 Å². The summed E-state index contributed by atoms with van der Waals surface area (Å²) in [5.74, 6) is -0.838. The SMILES string of the molecule is CCCCNC(=O)C(CC)N(Cc1ccc(Cl)cc1Cl)C(=O)CN(c1cc(C)cc(C)c1)S(=O)(=O)c1ccccc1. The maximum Gasteiger partial charge on any atom is 0.264 e. The molecule has 2 amide bonds. The molecule has 0 saturated heterocycles. The Kier molecular flexibility index (Phi) is 11.6. The van der Waals surface area contributed by atoms with E-state index in [4.69, 9.17) is 23.2 Å². The first-order valence-electron chi connectivity index (χ1n) is 13.6. The van der Waals surface area contributed by atoms with E-state index in [0.717, 1.165) is 28.3 Å². The van der Waals surface area contributed by atoms with Gasteiger partial charge in [0.25, 0.3) is 10.0 Å². The second-order valence-electron chi connectivity index (χ2n) is 10.00. The normalized spacial score (nSPS) is 12.0. The van der Waals surface area contributed by atoms with Crippen LogP contribution in [0.25, 0.3) is 0 Å². The molecule has 0 aliphatic rings. The van der Waals surface area contributed by atoms with Crippen molar-refractivity contribution in [2.75, 3.05) is 17.4 Å². The Balaban J connectivity index is 2.08. The second kappa shape index (κ2) is 14.7. The Morgan fingerprint density at radius 2 is 1.59 bits per heavy atom. The van der Waals surface area contributed by atoms with Crippen molar-refractivity contribution in [1.29, 1.82) is 0 Å². The highest BCUT2D eigenvalue weighted by Gasteiger charge is 2.34. The van der Waals surface area contributed by atoms with E-state index in [1.807, 2.05) is 33.8 Å². The smallest absolute Gasteiger partial charge is 0.264 e. The van der Waals surface area contributed by atoms with Gasteiger partial charge in [0.15, 0.2) is 0 Å². The van der Waals surface area contributed by atoms with Gasteiger partial charge in [-0.2, -0.15) is 0 Å². The lowest BCUT2D eigenvalue weighted by Crippen LogP contribution is -2.52. The summed E-state index contributed by atoms with van der Waals surface area (Å²) < 4.78 is 29.0. The van der Waals surface area contributed by atoms with Crippen molar-refractivity contribution < 1.29 is 18.0 Å². The molecule has 1 N–H and O–H groups in total. The summed E-state index contributed by atoms with van der Waals surface area (Å²) in [6, 6.07) is 17.5. The number of carbonyl (C=O) groups excluding carboxylic acids is 2. The van der Waals surface area contributed by atoms with E-state index < -0.39 is 28.5 Å². The van der Waals surface area contributed by atoms with Gasteiger partial charge in [-0.3, -0.25) is 13.9 Å². The van der Waals surface area contributed by atoms with Gasteiger partial charge in [0, 0.05) is 23.1 Å². The van der Waals surface area contributed by atoms with Crippen LogP contribution in [0.2, 0.25) is 10.0 Å². The molecule has 41 heavy (non-hydrogen) atoms. The fourth-order valence-corrected chi connectivity index (χ4v) is 6.49. The number of sulfonamides is 1. The molecular weight excluding hydrogens is 581 g/mol. The summed E-state index contributed by atoms with van der Waals surface area (Å²) >= 11 is 12.6. The van der Waals surface area contributed by atoms with Crippen LogP contribution in [-0.4, -0.2) is 44.3 Å². The van der Waals surface area contributed by atoms with Crippen LogP contribution in [-0.2, 0) is 26.2 Å². The minimum atomic E-state index is -4.13. The first kappa shape index (κ1) is 32.4. The number of rotatable bonds is 13. The zero-order valence-corrected chi connectivity index (χ0v) is 26.2. The number of unbranched alkanes of at least 4 members (excludes halogenated alkanes) is 1. The zero-order valence-electron chi connectivity index (χ0n) is 23.9. The van der Waals surface area contributed by atoms with E-state index in [1.54, 1.807) is 48.5 Å². The number of hydrogen-bond donors (Lipinski definition) is 1. The molecule has 1 unspecified atom stereocenters. The number of aryl methyl sites for hydroxylation is 2. The summed E-state index contributed by atoms with van der Waals surface area (Å²) in [4.78, 5) is 28.9. The molecule has 220 valence electrons. The number of halogens is 2. The van der Waals surface area contributed by atoms with Crippen LogP contribution in [0.15, 0.2) is 71.6 Å². The van der Waals surface area contributed by atoms with Crippen molar-refractivity contribution in [3.63, 3.8) is 0 Å². The van der Waals surface area contributed by atoms with Crippen molar-refractivity contribution in [2.45, 2.75) is 64.4 Å². The lowest BCUT2D eigenvalue weighted by molar-refractivity contribution is -0.140. The summed E-state index contributed by atoms with van der Waals surface area (Å²) in [6.45, 7) is 7.55. The van der Waals surface area contributed by atoms with Crippen molar-refractivity contribution in [2.24, 2.45) is 0 Å². The molecule has 0 aliphatic heterocycles. The third-order valence-corrected chi connectivity index (χ3v) is 9.05. The maximum atomic E-state index is 14.2. The lowest BCUT2D eigenvalue weighted by Gasteiger charge is -2.33. The van der Waals surface area contributed by atoms with Gasteiger partial charge in [0.2, 0.25) is 11.8 Å². The summed E-state index contributed by atoms with van der Waals surface area (Å²) in [5.41, 5.74) is 2.66. The summed E-state index contributed by atoms with van der Waals surface area (Å²) in [7, 11) is -4.13. The molecule has 0 saturated carbocycles. The van der Waals surface area contributed by atoms with Crippen LogP contribution < -0.4 is 9.62 Å². The number of hydrogen-bond acceptors (Lipinski definition) is 4. The van der Waals surface area contributed by atoms with Crippen molar-refractivity contribution in [3.05, 3.63) is 93.5 Å². The molecule has 3 aromatic rings. The molecule has 0 spiro atoms. The number of anilines is 1. The molecule has 0 aliphatic carbocycles. The van der Waals surface area contributed by atoms with E-state index in [2.05, 4.69) is 5.32 Å². The number of benzene rings is 3. The highest BCUT2D eigenvalue weighted by Crippen LogP contribution is 2.28. The Hall–Kier alpha value is -3.07. The monoisotopic (exact) mass is 617 g/mol. The Morgan fingerprint density at radius 3 is 2.17 bits per heavy atom. The molecule has 0 fully saturated rings. The Bertz CT molecular complexity index is 1450. The number of nitrogens with zero attached hydrogens (tertiary/aromatic N) is 2. The average molecular weight is 619 g/mol. The standard InChI is InChI=1S/C31H37Cl2N3O4S/c1-5-7-15-34-31(38)29(6-2)35(20-24-13-14-25(32)19-28(24)33)30(37)21-36(26-17-22(3)16-23(4)18-26)41(39,40)27-11-9-8-10-12-27/h8-14,16-19,29H,5-7,15,20-21H2,1-4H3,(H,34,38). The topological polar surface area (TPSA) is 86.8 Å². The highest BCUT2D eigenvalue weighted by atomic mass is 35.5. The van der Waals surface area contributed by atoms with Crippen LogP contribution in [0.4, 0.5) is 5.69 Å². The molecule has 7 nitrogen and oxygen atoms in total. The molecule has 3 aromatic carbocycles. The number of carbonyl (C=O) groups is 2. The van der Waals surface area contributed by atoms with Gasteiger partial charge in [-0.15, -0.1) is 0 Å². The highest BCUT2D eigenvalue weighted by molar-refractivity contribution is 7.92.